The molecule has 0 amide bonds. The van der Waals surface area contributed by atoms with Crippen LogP contribution in [0.4, 0.5) is 0 Å². The molecule has 1 aromatic heterocycles. The Labute approximate surface area is 253 Å². The van der Waals surface area contributed by atoms with Crippen LogP contribution in [0.15, 0.2) is 47.8 Å². The van der Waals surface area contributed by atoms with Crippen molar-refractivity contribution in [3.63, 3.8) is 0 Å². The molecule has 0 aliphatic heterocycles. The average Bonchev–Trinajstić information content (AvgIpc) is 3.19. The van der Waals surface area contributed by atoms with Crippen molar-refractivity contribution in [2.75, 3.05) is 0 Å². The van der Waals surface area contributed by atoms with Crippen LogP contribution in [0, 0.1) is 22.7 Å². The lowest BCUT2D eigenvalue weighted by Crippen LogP contribution is -2.78. The number of ketones is 1. The van der Waals surface area contributed by atoms with Crippen molar-refractivity contribution >= 4 is 17.7 Å². The Bertz CT molecular complexity index is 1370. The van der Waals surface area contributed by atoms with Crippen LogP contribution < -0.4 is 0 Å². The highest BCUT2D eigenvalue weighted by atomic mass is 16.6. The summed E-state index contributed by atoms with van der Waals surface area (Å²) in [6, 6.07) is 3.34. The molecular formula is C34H45NO8. The number of aromatic nitrogens is 1. The highest BCUT2D eigenvalue weighted by molar-refractivity contribution is 5.89. The number of ether oxygens (including phenoxy) is 2. The molecule has 0 saturated heterocycles. The topological polar surface area (TPSA) is 143 Å². The summed E-state index contributed by atoms with van der Waals surface area (Å²) in [5.74, 6) is -2.01. The Morgan fingerprint density at radius 3 is 2.42 bits per heavy atom. The first-order chi connectivity index (χ1) is 20.0. The summed E-state index contributed by atoms with van der Waals surface area (Å²) in [4.78, 5) is 43.0. The number of esters is 2. The molecule has 0 unspecified atom stereocenters. The van der Waals surface area contributed by atoms with E-state index in [1.807, 2.05) is 33.8 Å². The van der Waals surface area contributed by atoms with Gasteiger partial charge in [-0.05, 0) is 82.8 Å². The number of aliphatic hydroxyl groups is 3. The fourth-order valence-electron chi connectivity index (χ4n) is 8.69. The van der Waals surface area contributed by atoms with Gasteiger partial charge in [0, 0.05) is 30.8 Å². The predicted octanol–water partition coefficient (Wildman–Crippen LogP) is 4.24. The van der Waals surface area contributed by atoms with Crippen LogP contribution in [-0.2, 0) is 19.1 Å². The molecular weight excluding hydrogens is 550 g/mol. The van der Waals surface area contributed by atoms with Crippen LogP contribution in [0.1, 0.15) is 96.8 Å². The molecule has 0 bridgehead atoms. The second kappa shape index (κ2) is 10.6. The number of hydrogen-bond donors (Lipinski definition) is 3. The van der Waals surface area contributed by atoms with E-state index in [1.165, 1.54) is 19.2 Å². The molecule has 9 heteroatoms. The lowest BCUT2D eigenvalue weighted by molar-refractivity contribution is -0.314. The third-order valence-corrected chi connectivity index (χ3v) is 11.8. The fraction of sp³-hybridized carbons (Fsp3) is 0.647. The molecule has 4 aliphatic rings. The molecule has 1 aromatic rings. The summed E-state index contributed by atoms with van der Waals surface area (Å²) in [5, 5.41) is 37.0. The SMILES string of the molecule is CC(=O)[C@]1(O)CC[C@@]2(O)[C@]1(C)[C@H](OC(=O)/C=C(\C)C(C)C)C[C@@H]1[C@@]3(C)CC[C@H](OC(=O)c4cccnc4)CC3=CC[C@]12O. The van der Waals surface area contributed by atoms with Gasteiger partial charge in [-0.3, -0.25) is 9.78 Å². The Hall–Kier alpha value is -2.88. The van der Waals surface area contributed by atoms with Gasteiger partial charge in [0.15, 0.2) is 5.78 Å². The van der Waals surface area contributed by atoms with E-state index in [0.717, 1.165) is 11.1 Å². The van der Waals surface area contributed by atoms with E-state index < -0.39 is 57.4 Å². The maximum Gasteiger partial charge on any atom is 0.339 e. The summed E-state index contributed by atoms with van der Waals surface area (Å²) in [5.41, 5.74) is -5.64. The zero-order valence-corrected chi connectivity index (χ0v) is 26.1. The van der Waals surface area contributed by atoms with Gasteiger partial charge in [-0.2, -0.15) is 0 Å². The lowest BCUT2D eigenvalue weighted by atomic mass is 9.42. The minimum Gasteiger partial charge on any atom is -0.458 e. The van der Waals surface area contributed by atoms with E-state index in [9.17, 15) is 29.7 Å². The maximum atomic E-state index is 13.2. The van der Waals surface area contributed by atoms with Gasteiger partial charge in [0.1, 0.15) is 29.0 Å². The first-order valence-electron chi connectivity index (χ1n) is 15.4. The van der Waals surface area contributed by atoms with E-state index >= 15 is 0 Å². The van der Waals surface area contributed by atoms with Crippen LogP contribution in [-0.4, -0.2) is 67.0 Å². The van der Waals surface area contributed by atoms with Crippen molar-refractivity contribution in [3.8, 4) is 0 Å². The molecule has 0 aromatic carbocycles. The zero-order chi connectivity index (χ0) is 31.6. The molecule has 3 N–H and O–H groups in total. The van der Waals surface area contributed by atoms with Gasteiger partial charge in [-0.25, -0.2) is 9.59 Å². The maximum absolute atomic E-state index is 13.2. The van der Waals surface area contributed by atoms with Crippen molar-refractivity contribution in [1.29, 1.82) is 0 Å². The van der Waals surface area contributed by atoms with Gasteiger partial charge in [0.25, 0.3) is 0 Å². The quantitative estimate of drug-likeness (QED) is 0.250. The number of allylic oxidation sites excluding steroid dienone is 1. The number of fused-ring (bicyclic) bond motifs is 5. The number of Topliss-reactive ketones (excluding diaryl/α,β-unsaturated/α-hetero) is 1. The molecule has 3 fully saturated rings. The number of rotatable bonds is 6. The molecule has 43 heavy (non-hydrogen) atoms. The standard InChI is InChI=1S/C34H45NO8/c1-20(2)21(3)16-28(37)43-27-18-26-30(5)11-10-25(42-29(38)23-8-7-15-35-19-23)17-24(30)9-12-33(26,40)34(41)14-13-32(39,22(4)36)31(27,34)6/h7-9,15-16,19-20,25-27,39-41H,10-14,17-18H2,1-6H3/b21-16+/t25-,26+,27+,30-,31+,32+,33-,34+/m0/s1. The number of carbonyl (C=O) groups excluding carboxylic acids is 3. The highest BCUT2D eigenvalue weighted by Crippen LogP contribution is 2.71. The number of carbonyl (C=O) groups is 3. The van der Waals surface area contributed by atoms with Gasteiger partial charge in [-0.1, -0.05) is 38.0 Å². The van der Waals surface area contributed by atoms with Crippen LogP contribution in [0.5, 0.6) is 0 Å². The van der Waals surface area contributed by atoms with Gasteiger partial charge in [-0.15, -0.1) is 0 Å². The van der Waals surface area contributed by atoms with Crippen molar-refractivity contribution in [3.05, 3.63) is 53.4 Å². The Morgan fingerprint density at radius 1 is 1.07 bits per heavy atom. The number of nitrogens with zero attached hydrogens (tertiary/aromatic N) is 1. The number of pyridine rings is 1. The first-order valence-corrected chi connectivity index (χ1v) is 15.4. The summed E-state index contributed by atoms with van der Waals surface area (Å²) < 4.78 is 11.9. The van der Waals surface area contributed by atoms with E-state index in [2.05, 4.69) is 4.98 Å². The van der Waals surface area contributed by atoms with Crippen molar-refractivity contribution < 1.29 is 39.2 Å². The third kappa shape index (κ3) is 4.53. The number of hydrogen-bond acceptors (Lipinski definition) is 9. The Morgan fingerprint density at radius 2 is 1.79 bits per heavy atom. The largest absolute Gasteiger partial charge is 0.458 e. The smallest absolute Gasteiger partial charge is 0.339 e. The molecule has 4 aliphatic carbocycles. The van der Waals surface area contributed by atoms with Crippen LogP contribution in [0.2, 0.25) is 0 Å². The second-order valence-corrected chi connectivity index (χ2v) is 14.0. The summed E-state index contributed by atoms with van der Waals surface area (Å²) in [7, 11) is 0. The van der Waals surface area contributed by atoms with Crippen molar-refractivity contribution in [2.45, 2.75) is 115 Å². The van der Waals surface area contributed by atoms with Crippen molar-refractivity contribution in [1.82, 2.24) is 4.98 Å². The average molecular weight is 596 g/mol. The Balaban J connectivity index is 1.51. The van der Waals surface area contributed by atoms with Crippen molar-refractivity contribution in [2.24, 2.45) is 22.7 Å². The normalized spacial score (nSPS) is 40.6. The molecule has 9 nitrogen and oxygen atoms in total. The van der Waals surface area contributed by atoms with Gasteiger partial charge in [0.2, 0.25) is 0 Å². The molecule has 3 saturated carbocycles. The lowest BCUT2D eigenvalue weighted by Gasteiger charge is -2.67. The Kier molecular flexibility index (Phi) is 7.80. The predicted molar refractivity (Wildman–Crippen MR) is 158 cm³/mol. The van der Waals surface area contributed by atoms with E-state index in [-0.39, 0.29) is 37.7 Å². The first kappa shape index (κ1) is 31.5. The van der Waals surface area contributed by atoms with Crippen LogP contribution in [0.3, 0.4) is 0 Å². The zero-order valence-electron chi connectivity index (χ0n) is 26.1. The third-order valence-electron chi connectivity index (χ3n) is 11.8. The van der Waals surface area contributed by atoms with Gasteiger partial charge in [0.05, 0.1) is 11.0 Å². The fourth-order valence-corrected chi connectivity index (χ4v) is 8.69. The summed E-state index contributed by atoms with van der Waals surface area (Å²) >= 11 is 0. The van der Waals surface area contributed by atoms with Gasteiger partial charge >= 0.3 is 11.9 Å². The molecule has 0 spiro atoms. The minimum atomic E-state index is -1.99. The molecule has 8 atom stereocenters. The minimum absolute atomic E-state index is 0.0217. The molecule has 5 rings (SSSR count). The second-order valence-electron chi connectivity index (χ2n) is 14.0. The van der Waals surface area contributed by atoms with E-state index in [4.69, 9.17) is 9.47 Å². The molecule has 0 radical (unpaired) electrons. The van der Waals surface area contributed by atoms with Gasteiger partial charge < -0.3 is 24.8 Å². The van der Waals surface area contributed by atoms with Crippen LogP contribution >= 0.6 is 0 Å². The van der Waals surface area contributed by atoms with Crippen LogP contribution in [0.25, 0.3) is 0 Å². The molecule has 1 heterocycles. The monoisotopic (exact) mass is 595 g/mol. The van der Waals surface area contributed by atoms with E-state index in [0.29, 0.717) is 24.8 Å². The molecule has 234 valence electrons. The summed E-state index contributed by atoms with van der Waals surface area (Å²) in [6.45, 7) is 10.7. The highest BCUT2D eigenvalue weighted by Gasteiger charge is 2.81. The van der Waals surface area contributed by atoms with E-state index in [1.54, 1.807) is 25.3 Å². The summed E-state index contributed by atoms with van der Waals surface area (Å²) in [6.07, 6.45) is 6.77.